The predicted molar refractivity (Wildman–Crippen MR) is 142 cm³/mol. The van der Waals surface area contributed by atoms with E-state index in [1.54, 1.807) is 29.8 Å². The zero-order valence-electron chi connectivity index (χ0n) is 21.1. The van der Waals surface area contributed by atoms with Crippen LogP contribution in [0.2, 0.25) is 0 Å². The lowest BCUT2D eigenvalue weighted by molar-refractivity contribution is -0.119. The van der Waals surface area contributed by atoms with Crippen molar-refractivity contribution in [2.75, 3.05) is 37.4 Å². The highest BCUT2D eigenvalue weighted by Gasteiger charge is 2.28. The first-order valence-corrected chi connectivity index (χ1v) is 12.9. The lowest BCUT2D eigenvalue weighted by atomic mass is 10.2. The summed E-state index contributed by atoms with van der Waals surface area (Å²) in [6.07, 6.45) is 3.91. The second-order valence-corrected chi connectivity index (χ2v) is 10.3. The molecular weight excluding hydrogens is 476 g/mol. The zero-order chi connectivity index (χ0) is 25.7. The molecule has 1 saturated carbocycles. The standard InChI is InChI=1S/C27H32N4O4S/c1-18(2)34-23-13-20(26(33)29-27-28-11-12-36-27)14-24(15-23)35-22-9-7-21(8-10-22)31(16-19-5-6-19)25(32)17-30(3)4/h7-15,18-19H,5-6,16-17H2,1-4H3,(H,28,29,33). The maximum Gasteiger partial charge on any atom is 0.257 e. The van der Waals surface area contributed by atoms with Gasteiger partial charge in [0.05, 0.1) is 12.6 Å². The van der Waals surface area contributed by atoms with Gasteiger partial charge in [0.25, 0.3) is 5.91 Å². The van der Waals surface area contributed by atoms with Crippen molar-refractivity contribution in [1.29, 1.82) is 0 Å². The van der Waals surface area contributed by atoms with Crippen molar-refractivity contribution in [2.45, 2.75) is 32.8 Å². The number of benzene rings is 2. The maximum atomic E-state index is 12.8. The lowest BCUT2D eigenvalue weighted by Gasteiger charge is -2.24. The van der Waals surface area contributed by atoms with Gasteiger partial charge >= 0.3 is 0 Å². The predicted octanol–water partition coefficient (Wildman–Crippen LogP) is 5.28. The highest BCUT2D eigenvalue weighted by Crippen LogP contribution is 2.33. The van der Waals surface area contributed by atoms with Gasteiger partial charge in [-0.25, -0.2) is 4.98 Å². The first kappa shape index (κ1) is 25.7. The number of ether oxygens (including phenoxy) is 2. The Kier molecular flexibility index (Phi) is 8.22. The summed E-state index contributed by atoms with van der Waals surface area (Å²) < 4.78 is 11.9. The number of nitrogens with zero attached hydrogens (tertiary/aromatic N) is 3. The summed E-state index contributed by atoms with van der Waals surface area (Å²) in [6.45, 7) is 4.94. The molecule has 1 aromatic heterocycles. The minimum atomic E-state index is -0.297. The van der Waals surface area contributed by atoms with E-state index in [1.807, 2.05) is 62.0 Å². The van der Waals surface area contributed by atoms with Gasteiger partial charge in [0.15, 0.2) is 5.13 Å². The molecule has 9 heteroatoms. The molecule has 0 atom stereocenters. The minimum Gasteiger partial charge on any atom is -0.491 e. The van der Waals surface area contributed by atoms with E-state index in [0.717, 1.165) is 12.2 Å². The monoisotopic (exact) mass is 508 g/mol. The summed E-state index contributed by atoms with van der Waals surface area (Å²) in [4.78, 5) is 33.5. The van der Waals surface area contributed by atoms with Gasteiger partial charge < -0.3 is 19.3 Å². The van der Waals surface area contributed by atoms with Crippen LogP contribution < -0.4 is 19.7 Å². The lowest BCUT2D eigenvalue weighted by Crippen LogP contribution is -2.39. The van der Waals surface area contributed by atoms with Crippen LogP contribution in [-0.2, 0) is 4.79 Å². The number of rotatable bonds is 11. The van der Waals surface area contributed by atoms with Gasteiger partial charge in [-0.15, -0.1) is 11.3 Å². The fourth-order valence-corrected chi connectivity index (χ4v) is 4.18. The van der Waals surface area contributed by atoms with Gasteiger partial charge in [-0.2, -0.15) is 0 Å². The molecule has 8 nitrogen and oxygen atoms in total. The van der Waals surface area contributed by atoms with Crippen LogP contribution >= 0.6 is 11.3 Å². The van der Waals surface area contributed by atoms with Gasteiger partial charge in [0, 0.05) is 35.4 Å². The van der Waals surface area contributed by atoms with Gasteiger partial charge in [-0.3, -0.25) is 14.9 Å². The molecule has 1 heterocycles. The number of nitrogens with one attached hydrogen (secondary N) is 1. The number of hydrogen-bond donors (Lipinski definition) is 1. The fraction of sp³-hybridized carbons (Fsp3) is 0.370. The summed E-state index contributed by atoms with van der Waals surface area (Å²) in [5, 5.41) is 5.11. The average molecular weight is 509 g/mol. The number of aromatic nitrogens is 1. The fourth-order valence-electron chi connectivity index (χ4n) is 3.65. The van der Waals surface area contributed by atoms with E-state index in [-0.39, 0.29) is 17.9 Å². The molecule has 1 aliphatic carbocycles. The molecule has 2 aromatic carbocycles. The molecule has 0 radical (unpaired) electrons. The molecule has 36 heavy (non-hydrogen) atoms. The number of anilines is 2. The van der Waals surface area contributed by atoms with Crippen molar-refractivity contribution in [2.24, 2.45) is 5.92 Å². The van der Waals surface area contributed by atoms with Crippen molar-refractivity contribution in [3.63, 3.8) is 0 Å². The number of carbonyl (C=O) groups is 2. The Morgan fingerprint density at radius 1 is 1.08 bits per heavy atom. The Morgan fingerprint density at radius 3 is 2.42 bits per heavy atom. The quantitative estimate of drug-likeness (QED) is 0.379. The van der Waals surface area contributed by atoms with E-state index >= 15 is 0 Å². The first-order chi connectivity index (χ1) is 17.3. The third-order valence-electron chi connectivity index (χ3n) is 5.44. The number of amides is 2. The van der Waals surface area contributed by atoms with E-state index in [1.165, 1.54) is 24.2 Å². The molecule has 3 aromatic rings. The van der Waals surface area contributed by atoms with Crippen LogP contribution in [0.15, 0.2) is 54.0 Å². The third kappa shape index (κ3) is 7.29. The van der Waals surface area contributed by atoms with Crippen LogP contribution in [0.4, 0.5) is 10.8 Å². The molecule has 0 spiro atoms. The molecule has 0 aliphatic heterocycles. The molecule has 1 N–H and O–H groups in total. The molecule has 0 saturated heterocycles. The molecule has 1 fully saturated rings. The third-order valence-corrected chi connectivity index (χ3v) is 6.13. The Labute approximate surface area is 215 Å². The highest BCUT2D eigenvalue weighted by molar-refractivity contribution is 7.13. The smallest absolute Gasteiger partial charge is 0.257 e. The van der Waals surface area contributed by atoms with Gasteiger partial charge in [0.1, 0.15) is 17.2 Å². The summed E-state index contributed by atoms with van der Waals surface area (Å²) >= 11 is 1.35. The van der Waals surface area contributed by atoms with Gasteiger partial charge in [-0.05, 0) is 83.1 Å². The second-order valence-electron chi connectivity index (χ2n) is 9.43. The molecule has 4 rings (SSSR count). The number of carbonyl (C=O) groups excluding carboxylic acids is 2. The Morgan fingerprint density at radius 2 is 1.81 bits per heavy atom. The van der Waals surface area contributed by atoms with Crippen molar-refractivity contribution in [1.82, 2.24) is 9.88 Å². The van der Waals surface area contributed by atoms with Crippen LogP contribution in [0.1, 0.15) is 37.0 Å². The van der Waals surface area contributed by atoms with Gasteiger partial charge in [-0.1, -0.05) is 0 Å². The summed E-state index contributed by atoms with van der Waals surface area (Å²) in [6, 6.07) is 12.6. The van der Waals surface area contributed by atoms with E-state index in [0.29, 0.717) is 40.4 Å². The summed E-state index contributed by atoms with van der Waals surface area (Å²) in [5.74, 6) is 1.96. The first-order valence-electron chi connectivity index (χ1n) is 12.0. The van der Waals surface area contributed by atoms with Crippen molar-refractivity contribution in [3.8, 4) is 17.2 Å². The van der Waals surface area contributed by atoms with Crippen molar-refractivity contribution in [3.05, 3.63) is 59.6 Å². The van der Waals surface area contributed by atoms with E-state index in [9.17, 15) is 9.59 Å². The molecule has 0 unspecified atom stereocenters. The summed E-state index contributed by atoms with van der Waals surface area (Å²) in [7, 11) is 3.79. The van der Waals surface area contributed by atoms with Crippen LogP contribution in [0, 0.1) is 5.92 Å². The Bertz CT molecular complexity index is 1170. The molecule has 190 valence electrons. The number of likely N-dealkylation sites (N-methyl/N-ethyl adjacent to an activating group) is 1. The average Bonchev–Trinajstić information content (AvgIpc) is 3.50. The molecular formula is C27H32N4O4S. The van der Waals surface area contributed by atoms with E-state index < -0.39 is 0 Å². The summed E-state index contributed by atoms with van der Waals surface area (Å²) in [5.41, 5.74) is 1.25. The molecule has 0 bridgehead atoms. The molecule has 1 aliphatic rings. The van der Waals surface area contributed by atoms with Crippen molar-refractivity contribution < 1.29 is 19.1 Å². The van der Waals surface area contributed by atoms with Crippen LogP contribution in [0.25, 0.3) is 0 Å². The Hall–Kier alpha value is -3.43. The van der Waals surface area contributed by atoms with E-state index in [4.69, 9.17) is 9.47 Å². The Balaban J connectivity index is 1.52. The SMILES string of the molecule is CC(C)Oc1cc(Oc2ccc(N(CC3CC3)C(=O)CN(C)C)cc2)cc(C(=O)Nc2nccs2)c1. The topological polar surface area (TPSA) is 84.0 Å². The van der Waals surface area contributed by atoms with E-state index in [2.05, 4.69) is 10.3 Å². The maximum absolute atomic E-state index is 12.8. The van der Waals surface area contributed by atoms with Crippen LogP contribution in [-0.4, -0.2) is 55.0 Å². The number of hydrogen-bond acceptors (Lipinski definition) is 7. The van der Waals surface area contributed by atoms with Crippen molar-refractivity contribution >= 4 is 34.0 Å². The highest BCUT2D eigenvalue weighted by atomic mass is 32.1. The minimum absolute atomic E-state index is 0.0634. The van der Waals surface area contributed by atoms with Crippen LogP contribution in [0.3, 0.4) is 0 Å². The molecule has 2 amide bonds. The normalized spacial score (nSPS) is 13.1. The second kappa shape index (κ2) is 11.5. The van der Waals surface area contributed by atoms with Gasteiger partial charge in [0.2, 0.25) is 5.91 Å². The number of thiazole rings is 1. The van der Waals surface area contributed by atoms with Crippen LogP contribution in [0.5, 0.6) is 17.2 Å². The zero-order valence-corrected chi connectivity index (χ0v) is 21.9. The largest absolute Gasteiger partial charge is 0.491 e.